The molecule has 0 aliphatic rings. The number of hydrogen-bond donors (Lipinski definition) is 1. The zero-order chi connectivity index (χ0) is 13.8. The van der Waals surface area contributed by atoms with E-state index in [1.165, 1.54) is 37.8 Å². The highest BCUT2D eigenvalue weighted by atomic mass is 15.1. The second kappa shape index (κ2) is 11.0. The van der Waals surface area contributed by atoms with Crippen LogP contribution in [0.5, 0.6) is 0 Å². The van der Waals surface area contributed by atoms with Gasteiger partial charge in [-0.3, -0.25) is 4.90 Å². The molecule has 0 amide bonds. The summed E-state index contributed by atoms with van der Waals surface area (Å²) in [5, 5.41) is 3.55. The van der Waals surface area contributed by atoms with Gasteiger partial charge in [0, 0.05) is 19.6 Å². The van der Waals surface area contributed by atoms with E-state index in [2.05, 4.69) is 54.4 Å². The van der Waals surface area contributed by atoms with Crippen molar-refractivity contribution in [3.63, 3.8) is 0 Å². The minimum absolute atomic E-state index is 1.06. The molecule has 108 valence electrons. The van der Waals surface area contributed by atoms with E-state index in [0.29, 0.717) is 0 Å². The van der Waals surface area contributed by atoms with Crippen molar-refractivity contribution in [1.82, 2.24) is 10.2 Å². The SMILES string of the molecule is CCCCCCNCCN(CC)Cc1ccccc1. The second-order valence-electron chi connectivity index (χ2n) is 5.17. The van der Waals surface area contributed by atoms with Gasteiger partial charge in [-0.2, -0.15) is 0 Å². The molecule has 1 aromatic carbocycles. The first-order chi connectivity index (χ1) is 9.36. The van der Waals surface area contributed by atoms with E-state index in [-0.39, 0.29) is 0 Å². The quantitative estimate of drug-likeness (QED) is 0.612. The third-order valence-corrected chi connectivity index (χ3v) is 3.51. The summed E-state index contributed by atoms with van der Waals surface area (Å²) < 4.78 is 0. The highest BCUT2D eigenvalue weighted by molar-refractivity contribution is 5.14. The van der Waals surface area contributed by atoms with E-state index in [9.17, 15) is 0 Å². The van der Waals surface area contributed by atoms with Gasteiger partial charge in [-0.15, -0.1) is 0 Å². The molecule has 0 bridgehead atoms. The minimum atomic E-state index is 1.06. The predicted octanol–water partition coefficient (Wildman–Crippen LogP) is 3.68. The molecule has 19 heavy (non-hydrogen) atoms. The van der Waals surface area contributed by atoms with Gasteiger partial charge < -0.3 is 5.32 Å². The Labute approximate surface area is 119 Å². The van der Waals surface area contributed by atoms with Crippen LogP contribution in [-0.4, -0.2) is 31.1 Å². The molecule has 0 unspecified atom stereocenters. The van der Waals surface area contributed by atoms with Crippen molar-refractivity contribution in [1.29, 1.82) is 0 Å². The zero-order valence-corrected chi connectivity index (χ0v) is 12.7. The van der Waals surface area contributed by atoms with Crippen molar-refractivity contribution in [2.45, 2.75) is 46.1 Å². The van der Waals surface area contributed by atoms with Gasteiger partial charge in [-0.1, -0.05) is 63.4 Å². The van der Waals surface area contributed by atoms with Crippen LogP contribution in [-0.2, 0) is 6.54 Å². The Bertz CT molecular complexity index is 297. The van der Waals surface area contributed by atoms with Gasteiger partial charge in [0.2, 0.25) is 0 Å². The number of likely N-dealkylation sites (N-methyl/N-ethyl adjacent to an activating group) is 1. The summed E-state index contributed by atoms with van der Waals surface area (Å²) in [6.07, 6.45) is 5.38. The van der Waals surface area contributed by atoms with Gasteiger partial charge in [0.25, 0.3) is 0 Å². The van der Waals surface area contributed by atoms with Crippen LogP contribution in [0.2, 0.25) is 0 Å². The molecule has 0 atom stereocenters. The van der Waals surface area contributed by atoms with Crippen LogP contribution in [0.4, 0.5) is 0 Å². The Kier molecular flexibility index (Phi) is 9.38. The van der Waals surface area contributed by atoms with E-state index in [1.54, 1.807) is 0 Å². The monoisotopic (exact) mass is 262 g/mol. The minimum Gasteiger partial charge on any atom is -0.315 e. The van der Waals surface area contributed by atoms with Crippen molar-refractivity contribution in [3.8, 4) is 0 Å². The largest absolute Gasteiger partial charge is 0.315 e. The molecule has 1 aromatic rings. The molecule has 0 saturated carbocycles. The Hall–Kier alpha value is -0.860. The van der Waals surface area contributed by atoms with Crippen molar-refractivity contribution in [3.05, 3.63) is 35.9 Å². The molecular weight excluding hydrogens is 232 g/mol. The van der Waals surface area contributed by atoms with E-state index < -0.39 is 0 Å². The first-order valence-electron chi connectivity index (χ1n) is 7.83. The van der Waals surface area contributed by atoms with Gasteiger partial charge in [-0.25, -0.2) is 0 Å². The third-order valence-electron chi connectivity index (χ3n) is 3.51. The number of rotatable bonds is 11. The molecule has 0 aromatic heterocycles. The highest BCUT2D eigenvalue weighted by Gasteiger charge is 2.02. The van der Waals surface area contributed by atoms with Gasteiger partial charge in [-0.05, 0) is 25.1 Å². The van der Waals surface area contributed by atoms with E-state index in [1.807, 2.05) is 0 Å². The summed E-state index contributed by atoms with van der Waals surface area (Å²) in [5.41, 5.74) is 1.41. The number of benzene rings is 1. The standard InChI is InChI=1S/C17H30N2/c1-3-5-6-10-13-18-14-15-19(4-2)16-17-11-8-7-9-12-17/h7-9,11-12,18H,3-6,10,13-16H2,1-2H3. The Morgan fingerprint density at radius 2 is 1.74 bits per heavy atom. The fourth-order valence-corrected chi connectivity index (χ4v) is 2.23. The predicted molar refractivity (Wildman–Crippen MR) is 84.4 cm³/mol. The van der Waals surface area contributed by atoms with Crippen molar-refractivity contribution < 1.29 is 0 Å². The number of hydrogen-bond acceptors (Lipinski definition) is 2. The summed E-state index contributed by atoms with van der Waals surface area (Å²) in [7, 11) is 0. The van der Waals surface area contributed by atoms with Gasteiger partial charge in [0.1, 0.15) is 0 Å². The van der Waals surface area contributed by atoms with Crippen LogP contribution in [0.15, 0.2) is 30.3 Å². The second-order valence-corrected chi connectivity index (χ2v) is 5.17. The maximum absolute atomic E-state index is 3.55. The van der Waals surface area contributed by atoms with E-state index in [4.69, 9.17) is 0 Å². The first-order valence-corrected chi connectivity index (χ1v) is 7.83. The van der Waals surface area contributed by atoms with E-state index >= 15 is 0 Å². The molecule has 2 heteroatoms. The molecule has 0 aliphatic carbocycles. The summed E-state index contributed by atoms with van der Waals surface area (Å²) >= 11 is 0. The maximum Gasteiger partial charge on any atom is 0.0234 e. The molecular formula is C17H30N2. The molecule has 0 fully saturated rings. The number of nitrogens with one attached hydrogen (secondary N) is 1. The molecule has 2 nitrogen and oxygen atoms in total. The van der Waals surface area contributed by atoms with Gasteiger partial charge in [0.15, 0.2) is 0 Å². The first kappa shape index (κ1) is 16.2. The van der Waals surface area contributed by atoms with Crippen LogP contribution in [0.3, 0.4) is 0 Å². The molecule has 0 aliphatic heterocycles. The summed E-state index contributed by atoms with van der Waals surface area (Å²) in [4.78, 5) is 2.49. The average molecular weight is 262 g/mol. The van der Waals surface area contributed by atoms with Crippen molar-refractivity contribution in [2.24, 2.45) is 0 Å². The fraction of sp³-hybridized carbons (Fsp3) is 0.647. The Balaban J connectivity index is 2.09. The van der Waals surface area contributed by atoms with Crippen molar-refractivity contribution in [2.75, 3.05) is 26.2 Å². The molecule has 0 heterocycles. The van der Waals surface area contributed by atoms with E-state index in [0.717, 1.165) is 26.2 Å². The normalized spacial score (nSPS) is 11.1. The third kappa shape index (κ3) is 8.02. The van der Waals surface area contributed by atoms with Crippen LogP contribution in [0.1, 0.15) is 45.1 Å². The van der Waals surface area contributed by atoms with Crippen LogP contribution < -0.4 is 5.32 Å². The van der Waals surface area contributed by atoms with Crippen molar-refractivity contribution >= 4 is 0 Å². The lowest BCUT2D eigenvalue weighted by Gasteiger charge is -2.20. The topological polar surface area (TPSA) is 15.3 Å². The number of nitrogens with zero attached hydrogens (tertiary/aromatic N) is 1. The Morgan fingerprint density at radius 1 is 0.947 bits per heavy atom. The number of unbranched alkanes of at least 4 members (excludes halogenated alkanes) is 3. The lowest BCUT2D eigenvalue weighted by atomic mass is 10.2. The Morgan fingerprint density at radius 3 is 2.42 bits per heavy atom. The summed E-state index contributed by atoms with van der Waals surface area (Å²) in [6.45, 7) is 10.1. The maximum atomic E-state index is 3.55. The van der Waals surface area contributed by atoms with Gasteiger partial charge >= 0.3 is 0 Å². The smallest absolute Gasteiger partial charge is 0.0234 e. The molecule has 1 N–H and O–H groups in total. The van der Waals surface area contributed by atoms with Crippen LogP contribution in [0, 0.1) is 0 Å². The van der Waals surface area contributed by atoms with Crippen LogP contribution >= 0.6 is 0 Å². The van der Waals surface area contributed by atoms with Gasteiger partial charge in [0.05, 0.1) is 0 Å². The molecule has 0 saturated heterocycles. The molecule has 0 radical (unpaired) electrons. The molecule has 0 spiro atoms. The van der Waals surface area contributed by atoms with Crippen LogP contribution in [0.25, 0.3) is 0 Å². The highest BCUT2D eigenvalue weighted by Crippen LogP contribution is 2.03. The summed E-state index contributed by atoms with van der Waals surface area (Å²) in [6, 6.07) is 10.7. The lowest BCUT2D eigenvalue weighted by molar-refractivity contribution is 0.279. The summed E-state index contributed by atoms with van der Waals surface area (Å²) in [5.74, 6) is 0. The average Bonchev–Trinajstić information content (AvgIpc) is 2.46. The zero-order valence-electron chi connectivity index (χ0n) is 12.7. The fourth-order valence-electron chi connectivity index (χ4n) is 2.23. The molecule has 1 rings (SSSR count). The lowest BCUT2D eigenvalue weighted by Crippen LogP contribution is -2.32.